The lowest BCUT2D eigenvalue weighted by Crippen LogP contribution is -1.99. The first-order chi connectivity index (χ1) is 7.34. The van der Waals surface area contributed by atoms with E-state index in [1.165, 1.54) is 24.3 Å². The fraction of sp³-hybridized carbons (Fsp3) is 0.273. The third kappa shape index (κ3) is 5.77. The van der Waals surface area contributed by atoms with Crippen molar-refractivity contribution in [1.29, 1.82) is 0 Å². The molecule has 0 atom stereocenters. The minimum Gasteiger partial charge on any atom is -0.478 e. The highest BCUT2D eigenvalue weighted by Gasteiger charge is 2.04. The highest BCUT2D eigenvalue weighted by atomic mass is 16.4. The molecule has 1 aromatic carbocycles. The SMILES string of the molecule is CN(C)C.O=C(O)c1ccc(C(=O)O)cc1. The number of hydrogen-bond donors (Lipinski definition) is 2. The van der Waals surface area contributed by atoms with Gasteiger partial charge in [0.2, 0.25) is 0 Å². The van der Waals surface area contributed by atoms with Crippen LogP contribution in [0.4, 0.5) is 0 Å². The Labute approximate surface area is 93.9 Å². The molecule has 0 bridgehead atoms. The van der Waals surface area contributed by atoms with E-state index in [-0.39, 0.29) is 11.1 Å². The molecule has 0 aliphatic carbocycles. The van der Waals surface area contributed by atoms with Crippen LogP contribution in [0.15, 0.2) is 24.3 Å². The summed E-state index contributed by atoms with van der Waals surface area (Å²) < 4.78 is 0. The minimum absolute atomic E-state index is 0.0833. The second-order valence-electron chi connectivity index (χ2n) is 3.53. The van der Waals surface area contributed by atoms with Crippen LogP contribution in [0, 0.1) is 0 Å². The van der Waals surface area contributed by atoms with Gasteiger partial charge >= 0.3 is 11.9 Å². The van der Waals surface area contributed by atoms with Crippen molar-refractivity contribution in [2.45, 2.75) is 0 Å². The van der Waals surface area contributed by atoms with Crippen LogP contribution in [0.5, 0.6) is 0 Å². The van der Waals surface area contributed by atoms with Gasteiger partial charge in [0.25, 0.3) is 0 Å². The van der Waals surface area contributed by atoms with Gasteiger partial charge in [-0.15, -0.1) is 0 Å². The summed E-state index contributed by atoms with van der Waals surface area (Å²) in [5, 5.41) is 16.9. The Kier molecular flexibility index (Phi) is 5.80. The van der Waals surface area contributed by atoms with Crippen molar-refractivity contribution in [2.24, 2.45) is 0 Å². The fourth-order valence-corrected chi connectivity index (χ4v) is 0.755. The second kappa shape index (κ2) is 6.58. The number of nitrogens with zero attached hydrogens (tertiary/aromatic N) is 1. The average molecular weight is 225 g/mol. The van der Waals surface area contributed by atoms with Crippen LogP contribution >= 0.6 is 0 Å². The molecule has 0 aliphatic rings. The molecular formula is C11H15NO4. The molecule has 0 radical (unpaired) electrons. The van der Waals surface area contributed by atoms with Gasteiger partial charge in [-0.3, -0.25) is 0 Å². The highest BCUT2D eigenvalue weighted by molar-refractivity contribution is 5.91. The van der Waals surface area contributed by atoms with Gasteiger partial charge in [-0.1, -0.05) is 0 Å². The van der Waals surface area contributed by atoms with Gasteiger partial charge in [-0.05, 0) is 45.4 Å². The van der Waals surface area contributed by atoms with Gasteiger partial charge in [-0.2, -0.15) is 0 Å². The summed E-state index contributed by atoms with van der Waals surface area (Å²) in [6.07, 6.45) is 0. The molecule has 0 aliphatic heterocycles. The third-order valence-corrected chi connectivity index (χ3v) is 1.38. The van der Waals surface area contributed by atoms with Crippen LogP contribution < -0.4 is 0 Å². The molecule has 0 unspecified atom stereocenters. The Hall–Kier alpha value is -1.88. The van der Waals surface area contributed by atoms with Crippen molar-refractivity contribution in [3.63, 3.8) is 0 Å². The number of benzene rings is 1. The van der Waals surface area contributed by atoms with Crippen molar-refractivity contribution >= 4 is 11.9 Å². The molecular weight excluding hydrogens is 210 g/mol. The maximum atomic E-state index is 10.3. The van der Waals surface area contributed by atoms with Crippen molar-refractivity contribution in [1.82, 2.24) is 4.90 Å². The highest BCUT2D eigenvalue weighted by Crippen LogP contribution is 2.03. The number of rotatable bonds is 2. The summed E-state index contributed by atoms with van der Waals surface area (Å²) in [7, 11) is 6.00. The second-order valence-corrected chi connectivity index (χ2v) is 3.53. The maximum Gasteiger partial charge on any atom is 0.335 e. The van der Waals surface area contributed by atoms with Crippen LogP contribution in [0.1, 0.15) is 20.7 Å². The van der Waals surface area contributed by atoms with Crippen LogP contribution in [0.25, 0.3) is 0 Å². The predicted octanol–water partition coefficient (Wildman–Crippen LogP) is 1.26. The van der Waals surface area contributed by atoms with E-state index in [0.29, 0.717) is 0 Å². The van der Waals surface area contributed by atoms with Crippen molar-refractivity contribution in [2.75, 3.05) is 21.1 Å². The summed E-state index contributed by atoms with van der Waals surface area (Å²) in [5.41, 5.74) is 0.167. The summed E-state index contributed by atoms with van der Waals surface area (Å²) in [6.45, 7) is 0. The van der Waals surface area contributed by atoms with Gasteiger partial charge in [0.05, 0.1) is 11.1 Å². The lowest BCUT2D eigenvalue weighted by molar-refractivity contribution is 0.0681. The number of carboxylic acid groups (broad SMARTS) is 2. The van der Waals surface area contributed by atoms with E-state index in [2.05, 4.69) is 0 Å². The monoisotopic (exact) mass is 225 g/mol. The third-order valence-electron chi connectivity index (χ3n) is 1.38. The van der Waals surface area contributed by atoms with Gasteiger partial charge in [0.1, 0.15) is 0 Å². The quantitative estimate of drug-likeness (QED) is 0.792. The lowest BCUT2D eigenvalue weighted by atomic mass is 10.1. The normalized spacial score (nSPS) is 9.25. The number of carbonyl (C=O) groups is 2. The zero-order chi connectivity index (χ0) is 12.7. The van der Waals surface area contributed by atoms with Gasteiger partial charge < -0.3 is 15.1 Å². The Morgan fingerprint density at radius 3 is 1.19 bits per heavy atom. The summed E-state index contributed by atoms with van der Waals surface area (Å²) in [6, 6.07) is 5.02. The van der Waals surface area contributed by atoms with E-state index in [0.717, 1.165) is 0 Å². The first-order valence-corrected chi connectivity index (χ1v) is 4.52. The topological polar surface area (TPSA) is 77.8 Å². The van der Waals surface area contributed by atoms with Crippen molar-refractivity contribution < 1.29 is 19.8 Å². The Balaban J connectivity index is 0.000000487. The molecule has 88 valence electrons. The predicted molar refractivity (Wildman–Crippen MR) is 60.0 cm³/mol. The Morgan fingerprint density at radius 2 is 1.06 bits per heavy atom. The van der Waals surface area contributed by atoms with E-state index >= 15 is 0 Å². The summed E-state index contributed by atoms with van der Waals surface area (Å²) >= 11 is 0. The van der Waals surface area contributed by atoms with E-state index in [4.69, 9.17) is 10.2 Å². The molecule has 0 heterocycles. The largest absolute Gasteiger partial charge is 0.478 e. The Morgan fingerprint density at radius 1 is 0.875 bits per heavy atom. The molecule has 2 N–H and O–H groups in total. The van der Waals surface area contributed by atoms with Gasteiger partial charge in [0, 0.05) is 0 Å². The Bertz CT molecular complexity index is 321. The smallest absolute Gasteiger partial charge is 0.335 e. The molecule has 0 spiro atoms. The molecule has 0 saturated heterocycles. The molecule has 5 nitrogen and oxygen atoms in total. The standard InChI is InChI=1S/C8H6O4.C3H9N/c9-7(10)5-1-2-6(4-3-5)8(11)12;1-4(2)3/h1-4H,(H,9,10)(H,11,12);1-3H3. The van der Waals surface area contributed by atoms with Crippen molar-refractivity contribution in [3.05, 3.63) is 35.4 Å². The molecule has 1 aromatic rings. The zero-order valence-corrected chi connectivity index (χ0v) is 9.47. The molecule has 0 fully saturated rings. The number of hydrogen-bond acceptors (Lipinski definition) is 3. The first-order valence-electron chi connectivity index (χ1n) is 4.52. The zero-order valence-electron chi connectivity index (χ0n) is 9.47. The fourth-order valence-electron chi connectivity index (χ4n) is 0.755. The van der Waals surface area contributed by atoms with Crippen LogP contribution in [0.3, 0.4) is 0 Å². The average Bonchev–Trinajstić information content (AvgIpc) is 2.17. The van der Waals surface area contributed by atoms with Crippen LogP contribution in [-0.4, -0.2) is 48.2 Å². The molecule has 0 saturated carbocycles. The van der Waals surface area contributed by atoms with E-state index in [1.54, 1.807) is 0 Å². The summed E-state index contributed by atoms with van der Waals surface area (Å²) in [5.74, 6) is -2.13. The van der Waals surface area contributed by atoms with E-state index in [1.807, 2.05) is 26.0 Å². The molecule has 5 heteroatoms. The number of carboxylic acids is 2. The number of aromatic carboxylic acids is 2. The van der Waals surface area contributed by atoms with Gasteiger partial charge in [-0.25, -0.2) is 9.59 Å². The summed E-state index contributed by atoms with van der Waals surface area (Å²) in [4.78, 5) is 22.7. The van der Waals surface area contributed by atoms with Crippen molar-refractivity contribution in [3.8, 4) is 0 Å². The molecule has 0 aromatic heterocycles. The minimum atomic E-state index is -1.06. The maximum absolute atomic E-state index is 10.3. The van der Waals surface area contributed by atoms with Gasteiger partial charge in [0.15, 0.2) is 0 Å². The molecule has 0 amide bonds. The van der Waals surface area contributed by atoms with Crippen LogP contribution in [-0.2, 0) is 0 Å². The van der Waals surface area contributed by atoms with E-state index in [9.17, 15) is 9.59 Å². The van der Waals surface area contributed by atoms with E-state index < -0.39 is 11.9 Å². The van der Waals surface area contributed by atoms with Crippen LogP contribution in [0.2, 0.25) is 0 Å². The first kappa shape index (κ1) is 14.1. The molecule has 1 rings (SSSR count). The lowest BCUT2D eigenvalue weighted by Gasteiger charge is -1.94. The molecule has 16 heavy (non-hydrogen) atoms.